The zero-order valence-corrected chi connectivity index (χ0v) is 12.6. The predicted octanol–water partition coefficient (Wildman–Crippen LogP) is 4.39. The van der Waals surface area contributed by atoms with Crippen LogP contribution in [0.25, 0.3) is 11.5 Å². The largest absolute Gasteiger partial charge is 0.463 e. The van der Waals surface area contributed by atoms with Gasteiger partial charge in [-0.05, 0) is 18.6 Å². The molecule has 1 aromatic heterocycles. The molecule has 0 N–H and O–H groups in total. The summed E-state index contributed by atoms with van der Waals surface area (Å²) in [5.74, 6) is -0.236. The molecule has 0 unspecified atom stereocenters. The lowest BCUT2D eigenvalue weighted by molar-refractivity contribution is 0.0564. The fourth-order valence-electron chi connectivity index (χ4n) is 1.82. The number of hydrogen-bond acceptors (Lipinski definition) is 4. The van der Waals surface area contributed by atoms with Crippen LogP contribution in [-0.2, 0) is 11.2 Å². The fourth-order valence-corrected chi connectivity index (χ4v) is 2.38. The van der Waals surface area contributed by atoms with Crippen molar-refractivity contribution < 1.29 is 13.9 Å². The molecule has 0 aliphatic heterocycles. The summed E-state index contributed by atoms with van der Waals surface area (Å²) in [4.78, 5) is 16.0. The molecule has 0 amide bonds. The van der Waals surface area contributed by atoms with Gasteiger partial charge in [-0.3, -0.25) is 0 Å². The highest BCUT2D eigenvalue weighted by atomic mass is 35.5. The number of carbonyl (C=O) groups is 1. The van der Waals surface area contributed by atoms with Gasteiger partial charge in [0, 0.05) is 0 Å². The zero-order chi connectivity index (χ0) is 14.7. The van der Waals surface area contributed by atoms with Crippen LogP contribution in [0.1, 0.15) is 29.6 Å². The van der Waals surface area contributed by atoms with Crippen LogP contribution in [0.2, 0.25) is 10.0 Å². The number of esters is 1. The van der Waals surface area contributed by atoms with E-state index in [4.69, 9.17) is 32.4 Å². The molecule has 0 radical (unpaired) electrons. The summed E-state index contributed by atoms with van der Waals surface area (Å²) in [6.45, 7) is 1.98. The van der Waals surface area contributed by atoms with E-state index in [1.165, 1.54) is 7.11 Å². The first-order valence-corrected chi connectivity index (χ1v) is 6.86. The molecule has 1 aromatic carbocycles. The Bertz CT molecular complexity index is 617. The van der Waals surface area contributed by atoms with Crippen LogP contribution in [0.15, 0.2) is 22.6 Å². The summed E-state index contributed by atoms with van der Waals surface area (Å²) in [6.07, 6.45) is 1.43. The van der Waals surface area contributed by atoms with Gasteiger partial charge in [0.1, 0.15) is 0 Å². The number of hydrogen-bond donors (Lipinski definition) is 0. The average molecular weight is 314 g/mol. The fraction of sp³-hybridized carbons (Fsp3) is 0.286. The highest BCUT2D eigenvalue weighted by molar-refractivity contribution is 6.38. The number of benzene rings is 1. The van der Waals surface area contributed by atoms with Crippen molar-refractivity contribution in [3.8, 4) is 11.5 Å². The molecule has 0 saturated heterocycles. The Morgan fingerprint density at radius 1 is 1.35 bits per heavy atom. The van der Waals surface area contributed by atoms with Crippen molar-refractivity contribution in [1.29, 1.82) is 0 Å². The van der Waals surface area contributed by atoms with E-state index in [1.54, 1.807) is 18.2 Å². The smallest absolute Gasteiger partial charge is 0.376 e. The van der Waals surface area contributed by atoms with Gasteiger partial charge in [-0.2, -0.15) is 0 Å². The van der Waals surface area contributed by atoms with Crippen molar-refractivity contribution in [2.24, 2.45) is 0 Å². The van der Waals surface area contributed by atoms with Gasteiger partial charge in [0.25, 0.3) is 0 Å². The molecule has 6 heteroatoms. The number of aromatic nitrogens is 1. The van der Waals surface area contributed by atoms with Crippen LogP contribution in [0.3, 0.4) is 0 Å². The summed E-state index contributed by atoms with van der Waals surface area (Å²) in [7, 11) is 1.29. The van der Waals surface area contributed by atoms with Crippen LogP contribution in [-0.4, -0.2) is 18.1 Å². The summed E-state index contributed by atoms with van der Waals surface area (Å²) in [5, 5.41) is 0.830. The summed E-state index contributed by atoms with van der Waals surface area (Å²) in [5.41, 5.74) is 1.02. The molecule has 0 aliphatic rings. The minimum Gasteiger partial charge on any atom is -0.463 e. The lowest BCUT2D eigenvalue weighted by atomic mass is 10.2. The van der Waals surface area contributed by atoms with E-state index in [0.29, 0.717) is 27.7 Å². The number of methoxy groups -OCH3 is 1. The van der Waals surface area contributed by atoms with Gasteiger partial charge in [0.2, 0.25) is 11.7 Å². The first kappa shape index (κ1) is 14.9. The van der Waals surface area contributed by atoms with Gasteiger partial charge in [-0.25, -0.2) is 9.78 Å². The Morgan fingerprint density at radius 2 is 2.00 bits per heavy atom. The average Bonchev–Trinajstić information content (AvgIpc) is 2.82. The second-order valence-corrected chi connectivity index (χ2v) is 4.95. The normalized spacial score (nSPS) is 10.6. The number of ether oxygens (including phenoxy) is 1. The van der Waals surface area contributed by atoms with Gasteiger partial charge in [0.05, 0.1) is 28.4 Å². The van der Waals surface area contributed by atoms with E-state index in [9.17, 15) is 4.79 Å². The number of carbonyl (C=O) groups excluding carboxylic acids is 1. The molecule has 0 spiro atoms. The quantitative estimate of drug-likeness (QED) is 0.786. The van der Waals surface area contributed by atoms with Gasteiger partial charge < -0.3 is 9.15 Å². The van der Waals surface area contributed by atoms with Crippen LogP contribution in [0.5, 0.6) is 0 Å². The van der Waals surface area contributed by atoms with Crippen molar-refractivity contribution in [2.45, 2.75) is 19.8 Å². The van der Waals surface area contributed by atoms with Gasteiger partial charge >= 0.3 is 5.97 Å². The van der Waals surface area contributed by atoms with E-state index in [0.717, 1.165) is 6.42 Å². The molecular formula is C14H13Cl2NO3. The third kappa shape index (κ3) is 2.81. The lowest BCUT2D eigenvalue weighted by Crippen LogP contribution is -2.03. The lowest BCUT2D eigenvalue weighted by Gasteiger charge is -2.01. The number of aryl methyl sites for hydroxylation is 1. The summed E-state index contributed by atoms with van der Waals surface area (Å²) in [6, 6.07) is 5.10. The van der Waals surface area contributed by atoms with Gasteiger partial charge in [0.15, 0.2) is 0 Å². The van der Waals surface area contributed by atoms with E-state index in [2.05, 4.69) is 4.98 Å². The third-order valence-corrected chi connectivity index (χ3v) is 3.36. The van der Waals surface area contributed by atoms with Crippen LogP contribution >= 0.6 is 23.2 Å². The maximum atomic E-state index is 11.7. The Morgan fingerprint density at radius 3 is 2.55 bits per heavy atom. The highest BCUT2D eigenvalue weighted by Crippen LogP contribution is 2.35. The van der Waals surface area contributed by atoms with Crippen LogP contribution in [0, 0.1) is 0 Å². The maximum absolute atomic E-state index is 11.7. The molecular weight excluding hydrogens is 301 g/mol. The summed E-state index contributed by atoms with van der Waals surface area (Å²) < 4.78 is 10.2. The zero-order valence-electron chi connectivity index (χ0n) is 11.1. The molecule has 0 aliphatic carbocycles. The minimum absolute atomic E-state index is 0.0975. The van der Waals surface area contributed by atoms with Crippen molar-refractivity contribution in [3.63, 3.8) is 0 Å². The standard InChI is InChI=1S/C14H13Cl2NO3/c1-3-5-10-12(14(18)19-2)20-13(17-10)11-8(15)6-4-7-9(11)16/h4,6-7H,3,5H2,1-2H3. The molecule has 1 heterocycles. The first-order valence-electron chi connectivity index (χ1n) is 6.10. The molecule has 2 aromatic rings. The Labute approximate surface area is 126 Å². The van der Waals surface area contributed by atoms with E-state index in [1.807, 2.05) is 6.92 Å². The van der Waals surface area contributed by atoms with Crippen LogP contribution in [0.4, 0.5) is 0 Å². The van der Waals surface area contributed by atoms with Crippen LogP contribution < -0.4 is 0 Å². The predicted molar refractivity (Wildman–Crippen MR) is 77.3 cm³/mol. The van der Waals surface area contributed by atoms with Crippen molar-refractivity contribution >= 4 is 29.2 Å². The van der Waals surface area contributed by atoms with E-state index < -0.39 is 5.97 Å². The SMILES string of the molecule is CCCc1nc(-c2c(Cl)cccc2Cl)oc1C(=O)OC. The van der Waals surface area contributed by atoms with Gasteiger partial charge in [-0.1, -0.05) is 42.6 Å². The van der Waals surface area contributed by atoms with E-state index in [-0.39, 0.29) is 11.7 Å². The molecule has 0 fully saturated rings. The Kier molecular flexibility index (Phi) is 4.68. The molecule has 20 heavy (non-hydrogen) atoms. The van der Waals surface area contributed by atoms with Gasteiger partial charge in [-0.15, -0.1) is 0 Å². The Hall–Kier alpha value is -1.52. The second kappa shape index (κ2) is 6.29. The van der Waals surface area contributed by atoms with Crippen molar-refractivity contribution in [2.75, 3.05) is 7.11 Å². The van der Waals surface area contributed by atoms with Crippen molar-refractivity contribution in [3.05, 3.63) is 39.7 Å². The Balaban J connectivity index is 2.56. The minimum atomic E-state index is -0.560. The molecule has 0 atom stereocenters. The number of oxazole rings is 1. The highest BCUT2D eigenvalue weighted by Gasteiger charge is 2.23. The van der Waals surface area contributed by atoms with Crippen molar-refractivity contribution in [1.82, 2.24) is 4.98 Å². The van der Waals surface area contributed by atoms with E-state index >= 15 is 0 Å². The molecule has 4 nitrogen and oxygen atoms in total. The first-order chi connectivity index (χ1) is 9.58. The molecule has 2 rings (SSSR count). The molecule has 0 bridgehead atoms. The number of nitrogens with zero attached hydrogens (tertiary/aromatic N) is 1. The summed E-state index contributed by atoms with van der Waals surface area (Å²) >= 11 is 12.2. The maximum Gasteiger partial charge on any atom is 0.376 e. The second-order valence-electron chi connectivity index (χ2n) is 4.13. The monoisotopic (exact) mass is 313 g/mol. The molecule has 106 valence electrons. The molecule has 0 saturated carbocycles. The topological polar surface area (TPSA) is 52.3 Å². The number of halogens is 2. The third-order valence-electron chi connectivity index (χ3n) is 2.73. The number of rotatable bonds is 4.